The van der Waals surface area contributed by atoms with Gasteiger partial charge in [-0.3, -0.25) is 0 Å². The standard InChI is InChI=1S/C23H38O2/c1-3-5-7-9-11-20-12-17-23(25-19-20)21-13-15-22(16-14-21)24-18-10-8-6-4-2/h13-16,20,23H,3-12,17-19H2,1-2H3. The van der Waals surface area contributed by atoms with Gasteiger partial charge in [0.15, 0.2) is 0 Å². The van der Waals surface area contributed by atoms with Crippen LogP contribution in [0.1, 0.15) is 96.1 Å². The van der Waals surface area contributed by atoms with Crippen LogP contribution in [0.15, 0.2) is 24.3 Å². The van der Waals surface area contributed by atoms with Crippen molar-refractivity contribution in [1.29, 1.82) is 0 Å². The minimum Gasteiger partial charge on any atom is -0.494 e. The Hall–Kier alpha value is -1.02. The molecule has 0 saturated carbocycles. The Morgan fingerprint density at radius 2 is 1.60 bits per heavy atom. The zero-order valence-corrected chi connectivity index (χ0v) is 16.5. The minimum absolute atomic E-state index is 0.283. The summed E-state index contributed by atoms with van der Waals surface area (Å²) >= 11 is 0. The monoisotopic (exact) mass is 346 g/mol. The summed E-state index contributed by atoms with van der Waals surface area (Å²) in [6.07, 6.45) is 14.6. The van der Waals surface area contributed by atoms with Crippen molar-refractivity contribution in [3.8, 4) is 5.75 Å². The van der Waals surface area contributed by atoms with Crippen molar-refractivity contribution >= 4 is 0 Å². The molecule has 1 fully saturated rings. The zero-order chi connectivity index (χ0) is 17.7. The van der Waals surface area contributed by atoms with Crippen LogP contribution in [0.25, 0.3) is 0 Å². The highest BCUT2D eigenvalue weighted by atomic mass is 16.5. The van der Waals surface area contributed by atoms with E-state index in [2.05, 4.69) is 38.1 Å². The van der Waals surface area contributed by atoms with E-state index in [9.17, 15) is 0 Å². The normalized spacial score (nSPS) is 20.6. The highest BCUT2D eigenvalue weighted by molar-refractivity contribution is 5.28. The highest BCUT2D eigenvalue weighted by Crippen LogP contribution is 2.33. The molecule has 0 radical (unpaired) electrons. The molecule has 25 heavy (non-hydrogen) atoms. The number of hydrogen-bond acceptors (Lipinski definition) is 2. The van der Waals surface area contributed by atoms with Crippen molar-refractivity contribution in [2.45, 2.75) is 90.6 Å². The zero-order valence-electron chi connectivity index (χ0n) is 16.5. The molecule has 1 saturated heterocycles. The molecule has 2 rings (SSSR count). The molecule has 1 aromatic rings. The van der Waals surface area contributed by atoms with Crippen LogP contribution in [0.3, 0.4) is 0 Å². The molecule has 142 valence electrons. The van der Waals surface area contributed by atoms with Crippen molar-refractivity contribution in [1.82, 2.24) is 0 Å². The van der Waals surface area contributed by atoms with Crippen LogP contribution >= 0.6 is 0 Å². The summed E-state index contributed by atoms with van der Waals surface area (Å²) < 4.78 is 12.0. The first-order chi connectivity index (χ1) is 12.3. The van der Waals surface area contributed by atoms with Crippen LogP contribution in [0.2, 0.25) is 0 Å². The molecular weight excluding hydrogens is 308 g/mol. The predicted molar refractivity (Wildman–Crippen MR) is 106 cm³/mol. The smallest absolute Gasteiger partial charge is 0.119 e. The van der Waals surface area contributed by atoms with E-state index in [1.54, 1.807) is 0 Å². The SMILES string of the molecule is CCCCCCOc1ccc(C2CCC(CCCCCC)CO2)cc1. The lowest BCUT2D eigenvalue weighted by Gasteiger charge is -2.29. The Morgan fingerprint density at radius 3 is 2.24 bits per heavy atom. The Kier molecular flexibility index (Phi) is 10.0. The van der Waals surface area contributed by atoms with Crippen molar-refractivity contribution in [3.05, 3.63) is 29.8 Å². The number of benzene rings is 1. The molecule has 1 aliphatic rings. The Labute approximate surface area is 155 Å². The van der Waals surface area contributed by atoms with Crippen LogP contribution in [0.5, 0.6) is 5.75 Å². The van der Waals surface area contributed by atoms with E-state index in [0.717, 1.165) is 37.7 Å². The topological polar surface area (TPSA) is 18.5 Å². The summed E-state index contributed by atoms with van der Waals surface area (Å²) in [6.45, 7) is 6.28. The lowest BCUT2D eigenvalue weighted by Crippen LogP contribution is -2.20. The summed E-state index contributed by atoms with van der Waals surface area (Å²) in [7, 11) is 0. The van der Waals surface area contributed by atoms with Crippen LogP contribution in [-0.2, 0) is 4.74 Å². The van der Waals surface area contributed by atoms with E-state index in [1.165, 1.54) is 63.4 Å². The molecule has 0 N–H and O–H groups in total. The number of rotatable bonds is 12. The lowest BCUT2D eigenvalue weighted by molar-refractivity contribution is -0.0199. The molecule has 1 aliphatic heterocycles. The van der Waals surface area contributed by atoms with E-state index >= 15 is 0 Å². The number of hydrogen-bond donors (Lipinski definition) is 0. The van der Waals surface area contributed by atoms with Gasteiger partial charge in [-0.1, -0.05) is 70.9 Å². The van der Waals surface area contributed by atoms with Gasteiger partial charge >= 0.3 is 0 Å². The largest absolute Gasteiger partial charge is 0.494 e. The Balaban J connectivity index is 1.65. The first kappa shape index (κ1) is 20.3. The lowest BCUT2D eigenvalue weighted by atomic mass is 9.91. The third-order valence-electron chi connectivity index (χ3n) is 5.35. The van der Waals surface area contributed by atoms with Crippen LogP contribution in [-0.4, -0.2) is 13.2 Å². The van der Waals surface area contributed by atoms with E-state index in [4.69, 9.17) is 9.47 Å². The molecule has 0 bridgehead atoms. The van der Waals surface area contributed by atoms with E-state index in [-0.39, 0.29) is 6.10 Å². The van der Waals surface area contributed by atoms with Crippen molar-refractivity contribution in [2.24, 2.45) is 5.92 Å². The Morgan fingerprint density at radius 1 is 0.880 bits per heavy atom. The summed E-state index contributed by atoms with van der Waals surface area (Å²) in [6, 6.07) is 8.59. The third kappa shape index (κ3) is 7.81. The van der Waals surface area contributed by atoms with Gasteiger partial charge in [0.05, 0.1) is 19.3 Å². The maximum absolute atomic E-state index is 6.16. The van der Waals surface area contributed by atoms with E-state index in [0.29, 0.717) is 0 Å². The first-order valence-corrected chi connectivity index (χ1v) is 10.7. The molecule has 1 heterocycles. The van der Waals surface area contributed by atoms with Crippen molar-refractivity contribution in [3.63, 3.8) is 0 Å². The fraction of sp³-hybridized carbons (Fsp3) is 0.739. The molecule has 2 heteroatoms. The minimum atomic E-state index is 0.283. The average molecular weight is 347 g/mol. The van der Waals surface area contributed by atoms with E-state index in [1.807, 2.05) is 0 Å². The molecule has 2 nitrogen and oxygen atoms in total. The number of ether oxygens (including phenoxy) is 2. The fourth-order valence-electron chi connectivity index (χ4n) is 3.65. The van der Waals surface area contributed by atoms with Gasteiger partial charge in [-0.2, -0.15) is 0 Å². The number of unbranched alkanes of at least 4 members (excludes halogenated alkanes) is 6. The van der Waals surface area contributed by atoms with E-state index < -0.39 is 0 Å². The third-order valence-corrected chi connectivity index (χ3v) is 5.35. The molecule has 1 aromatic carbocycles. The Bertz CT molecular complexity index is 432. The van der Waals surface area contributed by atoms with Gasteiger partial charge in [-0.05, 0) is 49.3 Å². The molecule has 0 amide bonds. The van der Waals surface area contributed by atoms with Gasteiger partial charge in [-0.15, -0.1) is 0 Å². The van der Waals surface area contributed by atoms with Gasteiger partial charge < -0.3 is 9.47 Å². The molecule has 2 atom stereocenters. The quantitative estimate of drug-likeness (QED) is 0.376. The molecule has 2 unspecified atom stereocenters. The second-order valence-electron chi connectivity index (χ2n) is 7.59. The summed E-state index contributed by atoms with van der Waals surface area (Å²) in [5, 5.41) is 0. The van der Waals surface area contributed by atoms with Gasteiger partial charge in [0.2, 0.25) is 0 Å². The summed E-state index contributed by atoms with van der Waals surface area (Å²) in [4.78, 5) is 0. The maximum Gasteiger partial charge on any atom is 0.119 e. The van der Waals surface area contributed by atoms with Gasteiger partial charge in [0.1, 0.15) is 5.75 Å². The highest BCUT2D eigenvalue weighted by Gasteiger charge is 2.22. The fourth-order valence-corrected chi connectivity index (χ4v) is 3.65. The first-order valence-electron chi connectivity index (χ1n) is 10.7. The van der Waals surface area contributed by atoms with Crippen molar-refractivity contribution < 1.29 is 9.47 Å². The molecular formula is C23H38O2. The van der Waals surface area contributed by atoms with Gasteiger partial charge in [0, 0.05) is 0 Å². The predicted octanol–water partition coefficient (Wildman–Crippen LogP) is 7.08. The van der Waals surface area contributed by atoms with Crippen molar-refractivity contribution in [2.75, 3.05) is 13.2 Å². The van der Waals surface area contributed by atoms with Crippen LogP contribution < -0.4 is 4.74 Å². The van der Waals surface area contributed by atoms with Gasteiger partial charge in [0.25, 0.3) is 0 Å². The molecule has 0 aliphatic carbocycles. The second-order valence-corrected chi connectivity index (χ2v) is 7.59. The molecule has 0 aromatic heterocycles. The second kappa shape index (κ2) is 12.4. The van der Waals surface area contributed by atoms with Gasteiger partial charge in [-0.25, -0.2) is 0 Å². The van der Waals surface area contributed by atoms with Crippen LogP contribution in [0.4, 0.5) is 0 Å². The summed E-state index contributed by atoms with van der Waals surface area (Å²) in [5.74, 6) is 1.77. The maximum atomic E-state index is 6.16. The summed E-state index contributed by atoms with van der Waals surface area (Å²) in [5.41, 5.74) is 1.31. The van der Waals surface area contributed by atoms with Crippen LogP contribution in [0, 0.1) is 5.92 Å². The molecule has 0 spiro atoms. The average Bonchev–Trinajstić information content (AvgIpc) is 2.66.